The molecule has 56 valence electrons. The maximum Gasteiger partial charge on any atom is 0.234 e. The highest BCUT2D eigenvalue weighted by Crippen LogP contribution is 2.08. The van der Waals surface area contributed by atoms with Crippen molar-refractivity contribution in [3.63, 3.8) is 0 Å². The van der Waals surface area contributed by atoms with E-state index in [0.29, 0.717) is 11.6 Å². The van der Waals surface area contributed by atoms with Gasteiger partial charge in [0.2, 0.25) is 5.95 Å². The van der Waals surface area contributed by atoms with Crippen LogP contribution < -0.4 is 4.72 Å². The van der Waals surface area contributed by atoms with Gasteiger partial charge in [0.05, 0.1) is 0 Å². The Balaban J connectivity index is 2.85. The van der Waals surface area contributed by atoms with Crippen LogP contribution in [0.5, 0.6) is 0 Å². The molecule has 0 aliphatic rings. The van der Waals surface area contributed by atoms with Crippen molar-refractivity contribution in [1.82, 2.24) is 9.97 Å². The fraction of sp³-hybridized carbons (Fsp3) is 0. The fourth-order valence-corrected chi connectivity index (χ4v) is 0.936. The van der Waals surface area contributed by atoms with E-state index in [1.165, 1.54) is 12.3 Å². The lowest BCUT2D eigenvalue weighted by Gasteiger charge is -1.96. The molecule has 6 heteroatoms. The third-order valence-electron chi connectivity index (χ3n) is 0.907. The lowest BCUT2D eigenvalue weighted by Crippen LogP contribution is -1.93. The SMILES string of the molecule is N#Cc1ccnc(NSS)n1. The van der Waals surface area contributed by atoms with Crippen molar-refractivity contribution in [2.24, 2.45) is 0 Å². The first-order valence-electron chi connectivity index (χ1n) is 2.66. The van der Waals surface area contributed by atoms with E-state index in [4.69, 9.17) is 5.26 Å². The molecular formula is C5H4N4S2. The molecule has 11 heavy (non-hydrogen) atoms. The van der Waals surface area contributed by atoms with Crippen molar-refractivity contribution in [2.75, 3.05) is 4.72 Å². The lowest BCUT2D eigenvalue weighted by atomic mass is 10.4. The monoisotopic (exact) mass is 184 g/mol. The van der Waals surface area contributed by atoms with Gasteiger partial charge in [0.1, 0.15) is 11.8 Å². The summed E-state index contributed by atoms with van der Waals surface area (Å²) in [5.41, 5.74) is 0.338. The Morgan fingerprint density at radius 2 is 2.55 bits per heavy atom. The molecule has 1 aromatic rings. The third kappa shape index (κ3) is 2.29. The summed E-state index contributed by atoms with van der Waals surface area (Å²) < 4.78 is 2.69. The first-order chi connectivity index (χ1) is 5.36. The molecule has 1 rings (SSSR count). The maximum absolute atomic E-state index is 8.44. The second kappa shape index (κ2) is 4.05. The lowest BCUT2D eigenvalue weighted by molar-refractivity contribution is 1.16. The van der Waals surface area contributed by atoms with Gasteiger partial charge < -0.3 is 0 Å². The Bertz CT molecular complexity index is 282. The predicted octanol–water partition coefficient (Wildman–Crippen LogP) is 1.25. The quantitative estimate of drug-likeness (QED) is 0.411. The summed E-state index contributed by atoms with van der Waals surface area (Å²) in [7, 11) is 1.08. The van der Waals surface area contributed by atoms with Gasteiger partial charge in [-0.15, -0.1) is 0 Å². The van der Waals surface area contributed by atoms with Gasteiger partial charge in [0.15, 0.2) is 0 Å². The smallest absolute Gasteiger partial charge is 0.234 e. The van der Waals surface area contributed by atoms with Crippen molar-refractivity contribution in [3.8, 4) is 6.07 Å². The highest BCUT2D eigenvalue weighted by molar-refractivity contribution is 8.69. The van der Waals surface area contributed by atoms with E-state index in [2.05, 4.69) is 26.4 Å². The number of nitriles is 1. The number of thiol groups is 1. The molecule has 1 aromatic heterocycles. The fourth-order valence-electron chi connectivity index (χ4n) is 0.511. The molecule has 1 heterocycles. The summed E-state index contributed by atoms with van der Waals surface area (Å²) in [6.45, 7) is 0. The standard InChI is InChI=1S/C5H4N4S2/c6-3-4-1-2-7-5(8-4)9-11-10/h1-2,10H,(H,7,8,9). The molecular weight excluding hydrogens is 180 g/mol. The second-order valence-corrected chi connectivity index (χ2v) is 2.51. The molecule has 0 radical (unpaired) electrons. The summed E-state index contributed by atoms with van der Waals surface area (Å²) in [6.07, 6.45) is 1.51. The van der Waals surface area contributed by atoms with Crippen LogP contribution in [-0.2, 0) is 0 Å². The summed E-state index contributed by atoms with van der Waals surface area (Å²) in [5, 5.41) is 8.44. The summed E-state index contributed by atoms with van der Waals surface area (Å²) in [6, 6.07) is 3.44. The molecule has 0 saturated carbocycles. The molecule has 0 amide bonds. The van der Waals surface area contributed by atoms with Crippen molar-refractivity contribution in [2.45, 2.75) is 0 Å². The van der Waals surface area contributed by atoms with Crippen molar-refractivity contribution < 1.29 is 0 Å². The Hall–Kier alpha value is -0.930. The summed E-state index contributed by atoms with van der Waals surface area (Å²) in [5.74, 6) is 0.393. The first kappa shape index (κ1) is 8.17. The highest BCUT2D eigenvalue weighted by atomic mass is 33.1. The van der Waals surface area contributed by atoms with E-state index in [0.717, 1.165) is 11.0 Å². The van der Waals surface area contributed by atoms with Crippen LogP contribution in [0.15, 0.2) is 12.3 Å². The zero-order valence-electron chi connectivity index (χ0n) is 5.35. The number of anilines is 1. The van der Waals surface area contributed by atoms with Gasteiger partial charge >= 0.3 is 0 Å². The number of hydrogen-bond donors (Lipinski definition) is 2. The molecule has 0 atom stereocenters. The molecule has 1 N–H and O–H groups in total. The number of rotatable bonds is 2. The normalized spacial score (nSPS) is 8.73. The van der Waals surface area contributed by atoms with Crippen LogP contribution in [-0.4, -0.2) is 9.97 Å². The first-order valence-corrected chi connectivity index (χ1v) is 4.53. The average Bonchev–Trinajstić information content (AvgIpc) is 2.06. The van der Waals surface area contributed by atoms with Crippen molar-refractivity contribution in [1.29, 1.82) is 5.26 Å². The minimum atomic E-state index is 0.338. The van der Waals surface area contributed by atoms with Crippen LogP contribution >= 0.6 is 22.6 Å². The van der Waals surface area contributed by atoms with Gasteiger partial charge in [-0.05, 0) is 6.07 Å². The predicted molar refractivity (Wildman–Crippen MR) is 46.9 cm³/mol. The Morgan fingerprint density at radius 1 is 1.73 bits per heavy atom. The van der Waals surface area contributed by atoms with E-state index in [1.54, 1.807) is 0 Å². The van der Waals surface area contributed by atoms with E-state index >= 15 is 0 Å². The molecule has 0 aliphatic carbocycles. The van der Waals surface area contributed by atoms with Crippen LogP contribution in [0.3, 0.4) is 0 Å². The van der Waals surface area contributed by atoms with Gasteiger partial charge in [0.25, 0.3) is 0 Å². The molecule has 4 nitrogen and oxygen atoms in total. The third-order valence-corrected chi connectivity index (χ3v) is 1.45. The van der Waals surface area contributed by atoms with Gasteiger partial charge in [-0.25, -0.2) is 9.97 Å². The number of nitrogens with zero attached hydrogens (tertiary/aromatic N) is 3. The molecule has 0 bridgehead atoms. The molecule has 0 fully saturated rings. The van der Waals surface area contributed by atoms with E-state index < -0.39 is 0 Å². The highest BCUT2D eigenvalue weighted by Gasteiger charge is 1.94. The van der Waals surface area contributed by atoms with Crippen LogP contribution in [0.25, 0.3) is 0 Å². The number of aromatic nitrogens is 2. The minimum absolute atomic E-state index is 0.338. The van der Waals surface area contributed by atoms with E-state index in [9.17, 15) is 0 Å². The van der Waals surface area contributed by atoms with Gasteiger partial charge in [-0.1, -0.05) is 11.7 Å². The molecule has 0 unspecified atom stereocenters. The van der Waals surface area contributed by atoms with Crippen LogP contribution in [0.4, 0.5) is 5.95 Å². The molecule has 0 spiro atoms. The maximum atomic E-state index is 8.44. The molecule has 0 saturated heterocycles. The van der Waals surface area contributed by atoms with Crippen LogP contribution in [0.2, 0.25) is 0 Å². The molecule has 0 aromatic carbocycles. The van der Waals surface area contributed by atoms with Crippen LogP contribution in [0.1, 0.15) is 5.69 Å². The van der Waals surface area contributed by atoms with Crippen LogP contribution in [0, 0.1) is 11.3 Å². The second-order valence-electron chi connectivity index (χ2n) is 1.57. The summed E-state index contributed by atoms with van der Waals surface area (Å²) in [4.78, 5) is 7.66. The van der Waals surface area contributed by atoms with Gasteiger partial charge in [-0.2, -0.15) is 5.26 Å². The van der Waals surface area contributed by atoms with Gasteiger partial charge in [0, 0.05) is 17.2 Å². The van der Waals surface area contributed by atoms with E-state index in [1.807, 2.05) is 6.07 Å². The largest absolute Gasteiger partial charge is 0.289 e. The Morgan fingerprint density at radius 3 is 3.18 bits per heavy atom. The topological polar surface area (TPSA) is 61.6 Å². The van der Waals surface area contributed by atoms with Crippen molar-refractivity contribution >= 4 is 28.6 Å². The van der Waals surface area contributed by atoms with Crippen molar-refractivity contribution in [3.05, 3.63) is 18.0 Å². The zero-order valence-corrected chi connectivity index (χ0v) is 7.06. The average molecular weight is 184 g/mol. The van der Waals surface area contributed by atoms with Gasteiger partial charge in [-0.3, -0.25) is 4.72 Å². The minimum Gasteiger partial charge on any atom is -0.289 e. The molecule has 0 aliphatic heterocycles. The Labute approximate surface area is 73.0 Å². The number of nitrogens with one attached hydrogen (secondary N) is 1. The Kier molecular flexibility index (Phi) is 3.01. The summed E-state index contributed by atoms with van der Waals surface area (Å²) >= 11 is 3.84. The van der Waals surface area contributed by atoms with E-state index in [-0.39, 0.29) is 0 Å². The zero-order chi connectivity index (χ0) is 8.10. The number of hydrogen-bond acceptors (Lipinski definition) is 6.